The molecule has 0 radical (unpaired) electrons. The first-order valence-corrected chi connectivity index (χ1v) is 11.0. The highest BCUT2D eigenvalue weighted by molar-refractivity contribution is 9.10. The number of ether oxygens (including phenoxy) is 1. The maximum atomic E-state index is 12.8. The summed E-state index contributed by atoms with van der Waals surface area (Å²) >= 11 is 3.46. The number of carbonyl (C=O) groups is 2. The third kappa shape index (κ3) is 5.47. The fourth-order valence-corrected chi connectivity index (χ4v) is 4.46. The van der Waals surface area contributed by atoms with Gasteiger partial charge in [-0.3, -0.25) is 4.79 Å². The van der Waals surface area contributed by atoms with Gasteiger partial charge >= 0.3 is 5.97 Å². The Morgan fingerprint density at radius 1 is 1.07 bits per heavy atom. The van der Waals surface area contributed by atoms with Crippen LogP contribution in [0.3, 0.4) is 0 Å². The van der Waals surface area contributed by atoms with Gasteiger partial charge in [-0.2, -0.15) is 0 Å². The molecular weight excluding hydrogens is 430 g/mol. The van der Waals surface area contributed by atoms with Crippen LogP contribution in [0.4, 0.5) is 5.69 Å². The van der Waals surface area contributed by atoms with Crippen LogP contribution < -0.4 is 5.32 Å². The molecule has 1 fully saturated rings. The zero-order valence-electron chi connectivity index (χ0n) is 17.2. The quantitative estimate of drug-likeness (QED) is 0.534. The second-order valence-corrected chi connectivity index (χ2v) is 9.14. The standard InChI is InChI=1S/C24H28BrNO3/c1-15(2)19-11-9-16(3)13-22(19)29-24(28)18-10-12-21(20(25)14-18)26-23(27)17-7-5-4-6-8-17/h4-8,10,12,14-16,19,22H,9,11,13H2,1-3H3,(H,26,27). The Hall–Kier alpha value is -2.14. The van der Waals surface area contributed by atoms with Crippen molar-refractivity contribution in [2.24, 2.45) is 17.8 Å². The zero-order chi connectivity index (χ0) is 21.0. The summed E-state index contributed by atoms with van der Waals surface area (Å²) in [6, 6.07) is 14.1. The van der Waals surface area contributed by atoms with Gasteiger partial charge in [0.05, 0.1) is 11.3 Å². The van der Waals surface area contributed by atoms with E-state index in [9.17, 15) is 9.59 Å². The van der Waals surface area contributed by atoms with Crippen molar-refractivity contribution >= 4 is 33.5 Å². The molecule has 1 aliphatic rings. The van der Waals surface area contributed by atoms with Gasteiger partial charge in [0.1, 0.15) is 6.10 Å². The number of nitrogens with one attached hydrogen (secondary N) is 1. The van der Waals surface area contributed by atoms with Gasteiger partial charge in [0.2, 0.25) is 0 Å². The lowest BCUT2D eigenvalue weighted by molar-refractivity contribution is -0.0174. The maximum absolute atomic E-state index is 12.8. The first kappa shape index (κ1) is 21.6. The van der Waals surface area contributed by atoms with Crippen molar-refractivity contribution in [1.29, 1.82) is 0 Å². The van der Waals surface area contributed by atoms with Gasteiger partial charge in [-0.05, 0) is 76.9 Å². The lowest BCUT2D eigenvalue weighted by atomic mass is 9.75. The van der Waals surface area contributed by atoms with E-state index >= 15 is 0 Å². The van der Waals surface area contributed by atoms with Crippen molar-refractivity contribution in [3.63, 3.8) is 0 Å². The Labute approximate surface area is 181 Å². The Morgan fingerprint density at radius 3 is 2.45 bits per heavy atom. The fraction of sp³-hybridized carbons (Fsp3) is 0.417. The second-order valence-electron chi connectivity index (χ2n) is 8.28. The minimum absolute atomic E-state index is 0.0394. The smallest absolute Gasteiger partial charge is 0.338 e. The van der Waals surface area contributed by atoms with Gasteiger partial charge in [0, 0.05) is 10.0 Å². The van der Waals surface area contributed by atoms with Gasteiger partial charge in [-0.1, -0.05) is 45.4 Å². The third-order valence-corrected chi connectivity index (χ3v) is 6.36. The van der Waals surface area contributed by atoms with E-state index in [0.717, 1.165) is 12.8 Å². The molecule has 4 nitrogen and oxygen atoms in total. The highest BCUT2D eigenvalue weighted by Gasteiger charge is 2.33. The third-order valence-electron chi connectivity index (χ3n) is 5.71. The molecule has 29 heavy (non-hydrogen) atoms. The minimum Gasteiger partial charge on any atom is -0.458 e. The highest BCUT2D eigenvalue weighted by Crippen LogP contribution is 2.36. The number of halogens is 1. The van der Waals surface area contributed by atoms with Crippen LogP contribution in [0.5, 0.6) is 0 Å². The van der Waals surface area contributed by atoms with E-state index < -0.39 is 0 Å². The SMILES string of the molecule is CC1CCC(C(C)C)C(OC(=O)c2ccc(NC(=O)c3ccccc3)c(Br)c2)C1. The maximum Gasteiger partial charge on any atom is 0.338 e. The molecule has 3 rings (SSSR count). The van der Waals surface area contributed by atoms with Crippen LogP contribution >= 0.6 is 15.9 Å². The molecule has 154 valence electrons. The van der Waals surface area contributed by atoms with E-state index in [-0.39, 0.29) is 18.0 Å². The number of carbonyl (C=O) groups excluding carboxylic acids is 2. The molecular formula is C24H28BrNO3. The van der Waals surface area contributed by atoms with Gasteiger partial charge in [0.15, 0.2) is 0 Å². The first-order chi connectivity index (χ1) is 13.8. The molecule has 3 unspecified atom stereocenters. The molecule has 0 aromatic heterocycles. The van der Waals surface area contributed by atoms with Crippen molar-refractivity contribution in [2.75, 3.05) is 5.32 Å². The molecule has 1 N–H and O–H groups in total. The molecule has 2 aromatic carbocycles. The highest BCUT2D eigenvalue weighted by atomic mass is 79.9. The van der Waals surface area contributed by atoms with Crippen molar-refractivity contribution in [1.82, 2.24) is 0 Å². The molecule has 0 heterocycles. The number of amides is 1. The lowest BCUT2D eigenvalue weighted by Gasteiger charge is -2.36. The molecule has 0 saturated heterocycles. The van der Waals surface area contributed by atoms with Crippen molar-refractivity contribution in [3.05, 3.63) is 64.1 Å². The summed E-state index contributed by atoms with van der Waals surface area (Å²) in [5.74, 6) is 0.963. The van der Waals surface area contributed by atoms with Gasteiger partial charge in [-0.25, -0.2) is 4.79 Å². The summed E-state index contributed by atoms with van der Waals surface area (Å²) < 4.78 is 6.57. The first-order valence-electron chi connectivity index (χ1n) is 10.2. The fourth-order valence-electron chi connectivity index (χ4n) is 3.98. The van der Waals surface area contributed by atoms with E-state index in [1.165, 1.54) is 6.42 Å². The normalized spacial score (nSPS) is 21.6. The van der Waals surface area contributed by atoms with Crippen molar-refractivity contribution in [2.45, 2.75) is 46.1 Å². The van der Waals surface area contributed by atoms with Gasteiger partial charge in [-0.15, -0.1) is 0 Å². The minimum atomic E-state index is -0.309. The summed E-state index contributed by atoms with van der Waals surface area (Å²) in [7, 11) is 0. The van der Waals surface area contributed by atoms with E-state index in [2.05, 4.69) is 42.0 Å². The lowest BCUT2D eigenvalue weighted by Crippen LogP contribution is -2.35. The van der Waals surface area contributed by atoms with Crippen LogP contribution in [0.15, 0.2) is 53.0 Å². The molecule has 3 atom stereocenters. The largest absolute Gasteiger partial charge is 0.458 e. The monoisotopic (exact) mass is 457 g/mol. The summed E-state index contributed by atoms with van der Waals surface area (Å²) in [6.45, 7) is 6.61. The summed E-state index contributed by atoms with van der Waals surface area (Å²) in [4.78, 5) is 25.1. The molecule has 1 saturated carbocycles. The van der Waals surface area contributed by atoms with E-state index in [1.807, 2.05) is 18.2 Å². The van der Waals surface area contributed by atoms with E-state index in [4.69, 9.17) is 4.74 Å². The molecule has 0 bridgehead atoms. The van der Waals surface area contributed by atoms with Crippen LogP contribution in [0.1, 0.15) is 60.7 Å². The molecule has 5 heteroatoms. The van der Waals surface area contributed by atoms with E-state index in [1.54, 1.807) is 30.3 Å². The van der Waals surface area contributed by atoms with Crippen molar-refractivity contribution in [3.8, 4) is 0 Å². The van der Waals surface area contributed by atoms with Crippen LogP contribution in [0.25, 0.3) is 0 Å². The predicted molar refractivity (Wildman–Crippen MR) is 119 cm³/mol. The second kappa shape index (κ2) is 9.57. The van der Waals surface area contributed by atoms with Gasteiger partial charge < -0.3 is 10.1 Å². The molecule has 0 aliphatic heterocycles. The van der Waals surface area contributed by atoms with Crippen LogP contribution in [-0.4, -0.2) is 18.0 Å². The summed E-state index contributed by atoms with van der Waals surface area (Å²) in [6.07, 6.45) is 3.17. The average Bonchev–Trinajstić information content (AvgIpc) is 2.69. The Balaban J connectivity index is 1.69. The van der Waals surface area contributed by atoms with E-state index in [0.29, 0.717) is 39.0 Å². The van der Waals surface area contributed by atoms with Crippen LogP contribution in [0.2, 0.25) is 0 Å². The number of benzene rings is 2. The number of rotatable bonds is 5. The summed E-state index contributed by atoms with van der Waals surface area (Å²) in [5.41, 5.74) is 1.67. The number of hydrogen-bond donors (Lipinski definition) is 1. The zero-order valence-corrected chi connectivity index (χ0v) is 18.7. The van der Waals surface area contributed by atoms with Crippen molar-refractivity contribution < 1.29 is 14.3 Å². The number of anilines is 1. The predicted octanol–water partition coefficient (Wildman–Crippen LogP) is 6.32. The Bertz CT molecular complexity index is 866. The van der Waals surface area contributed by atoms with Gasteiger partial charge in [0.25, 0.3) is 5.91 Å². The number of hydrogen-bond acceptors (Lipinski definition) is 3. The summed E-state index contributed by atoms with van der Waals surface area (Å²) in [5, 5.41) is 2.86. The Morgan fingerprint density at radius 2 is 1.79 bits per heavy atom. The number of esters is 1. The molecule has 2 aromatic rings. The molecule has 1 aliphatic carbocycles. The van der Waals surface area contributed by atoms with Crippen LogP contribution in [-0.2, 0) is 4.74 Å². The molecule has 0 spiro atoms. The van der Waals surface area contributed by atoms with Crippen LogP contribution in [0, 0.1) is 17.8 Å². The Kier molecular flexibility index (Phi) is 7.12. The molecule has 1 amide bonds. The average molecular weight is 458 g/mol. The topological polar surface area (TPSA) is 55.4 Å².